The first-order valence-electron chi connectivity index (χ1n) is 5.36. The van der Waals surface area contributed by atoms with Crippen molar-refractivity contribution in [1.29, 1.82) is 0 Å². The minimum absolute atomic E-state index is 0.141. The maximum absolute atomic E-state index is 11.8. The van der Waals surface area contributed by atoms with Gasteiger partial charge in [0.2, 0.25) is 5.91 Å². The second-order valence-corrected chi connectivity index (χ2v) is 4.40. The topological polar surface area (TPSA) is 38.3 Å². The third-order valence-electron chi connectivity index (χ3n) is 2.33. The molecule has 0 aliphatic carbocycles. The second-order valence-electron chi connectivity index (χ2n) is 3.87. The van der Waals surface area contributed by atoms with E-state index in [1.54, 1.807) is 0 Å². The van der Waals surface area contributed by atoms with E-state index in [-0.39, 0.29) is 24.8 Å². The lowest BCUT2D eigenvalue weighted by Crippen LogP contribution is -2.51. The van der Waals surface area contributed by atoms with E-state index in [0.717, 1.165) is 0 Å². The predicted octanol–water partition coefficient (Wildman–Crippen LogP) is 2.70. The van der Waals surface area contributed by atoms with Crippen molar-refractivity contribution in [3.63, 3.8) is 0 Å². The van der Waals surface area contributed by atoms with Crippen LogP contribution in [0, 0.1) is 0 Å². The smallest absolute Gasteiger partial charge is 0.372 e. The largest absolute Gasteiger partial charge is 0.411 e. The summed E-state index contributed by atoms with van der Waals surface area (Å²) in [4.78, 5) is 11.5. The van der Waals surface area contributed by atoms with Crippen molar-refractivity contribution in [2.75, 3.05) is 25.0 Å². The summed E-state index contributed by atoms with van der Waals surface area (Å²) in [7, 11) is 0. The van der Waals surface area contributed by atoms with Crippen LogP contribution in [0.5, 0.6) is 0 Å². The van der Waals surface area contributed by atoms with Crippen LogP contribution in [0.3, 0.4) is 0 Å². The molecular weight excluding hydrogens is 294 g/mol. The van der Waals surface area contributed by atoms with Gasteiger partial charge in [0.15, 0.2) is 0 Å². The average molecular weight is 310 g/mol. The van der Waals surface area contributed by atoms with Gasteiger partial charge in [0.25, 0.3) is 0 Å². The summed E-state index contributed by atoms with van der Waals surface area (Å²) in [5.41, 5.74) is -0.718. The van der Waals surface area contributed by atoms with Gasteiger partial charge < -0.3 is 10.1 Å². The van der Waals surface area contributed by atoms with Gasteiger partial charge >= 0.3 is 6.18 Å². The molecule has 108 valence electrons. The van der Waals surface area contributed by atoms with Crippen LogP contribution in [-0.2, 0) is 9.53 Å². The van der Waals surface area contributed by atoms with E-state index in [4.69, 9.17) is 23.2 Å². The molecule has 0 rings (SSSR count). The van der Waals surface area contributed by atoms with Gasteiger partial charge in [-0.1, -0.05) is 6.92 Å². The van der Waals surface area contributed by atoms with E-state index in [1.807, 2.05) is 6.92 Å². The first-order chi connectivity index (χ1) is 8.28. The summed E-state index contributed by atoms with van der Waals surface area (Å²) < 4.78 is 39.6. The van der Waals surface area contributed by atoms with E-state index in [1.165, 1.54) is 0 Å². The Morgan fingerprint density at radius 2 is 1.83 bits per heavy atom. The number of hydrogen-bond acceptors (Lipinski definition) is 2. The van der Waals surface area contributed by atoms with Crippen molar-refractivity contribution in [2.45, 2.75) is 31.5 Å². The fourth-order valence-corrected chi connectivity index (χ4v) is 1.89. The molecule has 0 aromatic rings. The minimum atomic E-state index is -4.38. The van der Waals surface area contributed by atoms with Gasteiger partial charge in [0.1, 0.15) is 6.61 Å². The van der Waals surface area contributed by atoms with Crippen molar-refractivity contribution in [3.05, 3.63) is 0 Å². The zero-order valence-electron chi connectivity index (χ0n) is 9.95. The number of carbonyl (C=O) groups is 1. The second kappa shape index (κ2) is 8.07. The monoisotopic (exact) mass is 309 g/mol. The molecule has 0 aromatic carbocycles. The van der Waals surface area contributed by atoms with Crippen LogP contribution in [0.25, 0.3) is 0 Å². The van der Waals surface area contributed by atoms with Gasteiger partial charge in [-0.3, -0.25) is 4.79 Å². The Balaban J connectivity index is 3.97. The highest BCUT2D eigenvalue weighted by Crippen LogP contribution is 2.16. The molecular formula is C10H16Cl2F3NO2. The lowest BCUT2D eigenvalue weighted by molar-refractivity contribution is -0.174. The summed E-state index contributed by atoms with van der Waals surface area (Å²) >= 11 is 11.4. The zero-order valence-corrected chi connectivity index (χ0v) is 11.5. The number of carbonyl (C=O) groups excluding carboxylic acids is 1. The molecule has 0 saturated carbocycles. The quantitative estimate of drug-likeness (QED) is 0.553. The first-order valence-corrected chi connectivity index (χ1v) is 6.43. The van der Waals surface area contributed by atoms with Crippen molar-refractivity contribution in [1.82, 2.24) is 5.32 Å². The van der Waals surface area contributed by atoms with E-state index in [0.29, 0.717) is 6.42 Å². The molecule has 1 N–H and O–H groups in total. The van der Waals surface area contributed by atoms with E-state index in [9.17, 15) is 18.0 Å². The molecule has 8 heteroatoms. The van der Waals surface area contributed by atoms with Gasteiger partial charge in [-0.2, -0.15) is 13.2 Å². The summed E-state index contributed by atoms with van der Waals surface area (Å²) in [6.07, 6.45) is -4.00. The molecule has 3 nitrogen and oxygen atoms in total. The summed E-state index contributed by atoms with van der Waals surface area (Å²) in [6.45, 7) is 0.158. The fraction of sp³-hybridized carbons (Fsp3) is 0.900. The van der Waals surface area contributed by atoms with E-state index >= 15 is 0 Å². The van der Waals surface area contributed by atoms with Gasteiger partial charge in [-0.25, -0.2) is 0 Å². The Morgan fingerprint density at radius 3 is 2.22 bits per heavy atom. The fourth-order valence-electron chi connectivity index (χ4n) is 1.09. The summed E-state index contributed by atoms with van der Waals surface area (Å²) in [5, 5.41) is 2.61. The van der Waals surface area contributed by atoms with Crippen LogP contribution in [0.4, 0.5) is 13.2 Å². The molecule has 0 saturated heterocycles. The molecule has 0 fully saturated rings. The average Bonchev–Trinajstić information content (AvgIpc) is 2.31. The molecule has 0 atom stereocenters. The Labute approximate surface area is 114 Å². The van der Waals surface area contributed by atoms with Crippen LogP contribution >= 0.6 is 23.2 Å². The minimum Gasteiger partial charge on any atom is -0.372 e. The Hall–Kier alpha value is -0.200. The maximum atomic E-state index is 11.8. The number of alkyl halides is 5. The standard InChI is InChI=1S/C10H16Cl2F3NO2/c1-2-9(5-11,6-12)16-8(17)3-4-18-7-10(13,14)15/h2-7H2,1H3,(H,16,17). The molecule has 0 radical (unpaired) electrons. The Kier molecular flexibility index (Phi) is 7.98. The lowest BCUT2D eigenvalue weighted by Gasteiger charge is -2.29. The molecule has 0 spiro atoms. The van der Waals surface area contributed by atoms with Crippen molar-refractivity contribution in [3.8, 4) is 0 Å². The highest BCUT2D eigenvalue weighted by atomic mass is 35.5. The molecule has 0 aliphatic rings. The summed E-state index contributed by atoms with van der Waals surface area (Å²) in [5.74, 6) is -0.148. The third kappa shape index (κ3) is 7.28. The molecule has 0 heterocycles. The maximum Gasteiger partial charge on any atom is 0.411 e. The lowest BCUT2D eigenvalue weighted by atomic mass is 10.0. The van der Waals surface area contributed by atoms with Crippen molar-refractivity contribution in [2.24, 2.45) is 0 Å². The van der Waals surface area contributed by atoms with Crippen molar-refractivity contribution >= 4 is 29.1 Å². The first kappa shape index (κ1) is 17.8. The highest BCUT2D eigenvalue weighted by Gasteiger charge is 2.29. The highest BCUT2D eigenvalue weighted by molar-refractivity contribution is 6.22. The predicted molar refractivity (Wildman–Crippen MR) is 64.1 cm³/mol. The van der Waals surface area contributed by atoms with Crippen LogP contribution in [0.15, 0.2) is 0 Å². The normalized spacial score (nSPS) is 12.6. The molecule has 18 heavy (non-hydrogen) atoms. The van der Waals surface area contributed by atoms with Gasteiger partial charge in [-0.15, -0.1) is 23.2 Å². The molecule has 0 aromatic heterocycles. The van der Waals surface area contributed by atoms with E-state index in [2.05, 4.69) is 10.1 Å². The van der Waals surface area contributed by atoms with Crippen LogP contribution < -0.4 is 5.32 Å². The van der Waals surface area contributed by atoms with Gasteiger partial charge in [0, 0.05) is 18.2 Å². The number of hydrogen-bond donors (Lipinski definition) is 1. The summed E-state index contributed by atoms with van der Waals surface area (Å²) in [6, 6.07) is 0. The van der Waals surface area contributed by atoms with Crippen LogP contribution in [-0.4, -0.2) is 42.6 Å². The number of ether oxygens (including phenoxy) is 1. The SMILES string of the molecule is CCC(CCl)(CCl)NC(=O)CCOCC(F)(F)F. The molecule has 0 aliphatic heterocycles. The van der Waals surface area contributed by atoms with Crippen LogP contribution in [0.2, 0.25) is 0 Å². The number of halogens is 5. The third-order valence-corrected chi connectivity index (χ3v) is 3.36. The van der Waals surface area contributed by atoms with Crippen LogP contribution in [0.1, 0.15) is 19.8 Å². The van der Waals surface area contributed by atoms with Gasteiger partial charge in [0.05, 0.1) is 12.1 Å². The number of nitrogens with one attached hydrogen (secondary N) is 1. The molecule has 1 amide bonds. The number of rotatable bonds is 8. The Bertz CT molecular complexity index is 250. The Morgan fingerprint density at radius 1 is 1.28 bits per heavy atom. The number of amides is 1. The zero-order chi connectivity index (χ0) is 14.2. The molecule has 0 unspecified atom stereocenters. The van der Waals surface area contributed by atoms with Gasteiger partial charge in [-0.05, 0) is 6.42 Å². The molecule has 0 bridgehead atoms. The van der Waals surface area contributed by atoms with Crippen molar-refractivity contribution < 1.29 is 22.7 Å². The van der Waals surface area contributed by atoms with E-state index < -0.39 is 24.2 Å².